The van der Waals surface area contributed by atoms with Crippen LogP contribution >= 0.6 is 11.3 Å². The van der Waals surface area contributed by atoms with Gasteiger partial charge in [-0.2, -0.15) is 0 Å². The number of fused-ring (bicyclic) bond motifs is 2. The summed E-state index contributed by atoms with van der Waals surface area (Å²) in [5.74, 6) is -0.0963. The van der Waals surface area contributed by atoms with Gasteiger partial charge in [-0.05, 0) is 50.3 Å². The van der Waals surface area contributed by atoms with Gasteiger partial charge in [0.15, 0.2) is 0 Å². The van der Waals surface area contributed by atoms with E-state index in [2.05, 4.69) is 10.3 Å². The highest BCUT2D eigenvalue weighted by Gasteiger charge is 2.25. The molecule has 2 aromatic heterocycles. The molecule has 0 spiro atoms. The maximum absolute atomic E-state index is 12.7. The number of benzene rings is 1. The van der Waals surface area contributed by atoms with Crippen LogP contribution in [0.3, 0.4) is 0 Å². The molecule has 0 fully saturated rings. The molecule has 3 aromatic rings. The lowest BCUT2D eigenvalue weighted by Gasteiger charge is -2.22. The maximum atomic E-state index is 12.7. The molecule has 4 rings (SSSR count). The van der Waals surface area contributed by atoms with Crippen molar-refractivity contribution in [2.75, 3.05) is 0 Å². The van der Waals surface area contributed by atoms with Crippen molar-refractivity contribution < 1.29 is 9.21 Å². The van der Waals surface area contributed by atoms with Crippen molar-refractivity contribution in [2.24, 2.45) is 0 Å². The minimum Gasteiger partial charge on any atom is -0.423 e. The normalized spacial score (nSPS) is 16.5. The summed E-state index contributed by atoms with van der Waals surface area (Å²) in [4.78, 5) is 30.4. The molecule has 5 nitrogen and oxygen atoms in total. The third-order valence-electron chi connectivity index (χ3n) is 4.73. The van der Waals surface area contributed by atoms with E-state index in [1.54, 1.807) is 11.3 Å². The van der Waals surface area contributed by atoms with Crippen LogP contribution in [-0.4, -0.2) is 10.9 Å². The van der Waals surface area contributed by atoms with Crippen molar-refractivity contribution in [2.45, 2.75) is 45.6 Å². The predicted octanol–water partition coefficient (Wildman–Crippen LogP) is 3.60. The predicted molar refractivity (Wildman–Crippen MR) is 102 cm³/mol. The summed E-state index contributed by atoms with van der Waals surface area (Å²) < 4.78 is 5.27. The summed E-state index contributed by atoms with van der Waals surface area (Å²) in [6, 6.07) is 7.05. The highest BCUT2D eigenvalue weighted by Crippen LogP contribution is 2.33. The zero-order valence-electron chi connectivity index (χ0n) is 14.8. The second-order valence-corrected chi connectivity index (χ2v) is 8.11. The van der Waals surface area contributed by atoms with Gasteiger partial charge in [-0.15, -0.1) is 11.3 Å². The molecule has 0 saturated heterocycles. The van der Waals surface area contributed by atoms with Crippen LogP contribution in [0.1, 0.15) is 45.6 Å². The lowest BCUT2D eigenvalue weighted by molar-refractivity contribution is -0.121. The summed E-state index contributed by atoms with van der Waals surface area (Å²) in [6.45, 7) is 3.94. The van der Waals surface area contributed by atoms with Crippen LogP contribution in [0.5, 0.6) is 0 Å². The minimum absolute atomic E-state index is 0.0372. The number of hydrogen-bond donors (Lipinski definition) is 1. The number of nitrogens with one attached hydrogen (secondary N) is 1. The van der Waals surface area contributed by atoms with E-state index in [-0.39, 0.29) is 18.4 Å². The lowest BCUT2D eigenvalue weighted by atomic mass is 9.97. The molecule has 26 heavy (non-hydrogen) atoms. The Morgan fingerprint density at radius 1 is 1.35 bits per heavy atom. The number of rotatable bonds is 3. The fourth-order valence-corrected chi connectivity index (χ4v) is 4.62. The van der Waals surface area contributed by atoms with Gasteiger partial charge in [0, 0.05) is 16.3 Å². The van der Waals surface area contributed by atoms with Crippen LogP contribution in [0, 0.1) is 13.8 Å². The van der Waals surface area contributed by atoms with Crippen LogP contribution in [0.15, 0.2) is 33.5 Å². The van der Waals surface area contributed by atoms with E-state index in [1.165, 1.54) is 10.9 Å². The number of aromatic nitrogens is 1. The first-order valence-electron chi connectivity index (χ1n) is 8.78. The van der Waals surface area contributed by atoms with Gasteiger partial charge in [0.1, 0.15) is 5.58 Å². The van der Waals surface area contributed by atoms with Gasteiger partial charge in [0.25, 0.3) is 0 Å². The smallest absolute Gasteiger partial charge is 0.336 e. The van der Waals surface area contributed by atoms with Gasteiger partial charge in [-0.25, -0.2) is 9.78 Å². The lowest BCUT2D eigenvalue weighted by Crippen LogP contribution is -2.32. The fourth-order valence-electron chi connectivity index (χ4n) is 3.58. The first-order valence-corrected chi connectivity index (χ1v) is 9.60. The van der Waals surface area contributed by atoms with E-state index in [0.29, 0.717) is 11.1 Å². The molecule has 1 aromatic carbocycles. The standard InChI is InChI=1S/C20H20N2O3S/c1-11-6-7-14-13(10-19(24)25-16(14)8-11)9-18(23)22-15-4-3-5-17-20(15)21-12(2)26-17/h6-8,10,15H,3-5,9H2,1-2H3,(H,22,23). The van der Waals surface area contributed by atoms with Gasteiger partial charge >= 0.3 is 5.63 Å². The molecule has 1 aliphatic rings. The highest BCUT2D eigenvalue weighted by atomic mass is 32.1. The van der Waals surface area contributed by atoms with Gasteiger partial charge in [-0.3, -0.25) is 4.79 Å². The number of thiazole rings is 1. The number of carbonyl (C=O) groups excluding carboxylic acids is 1. The monoisotopic (exact) mass is 368 g/mol. The second kappa shape index (κ2) is 6.68. The third kappa shape index (κ3) is 3.29. The number of aryl methyl sites for hydroxylation is 3. The molecule has 6 heteroatoms. The fraction of sp³-hybridized carbons (Fsp3) is 0.350. The molecular weight excluding hydrogens is 348 g/mol. The first-order chi connectivity index (χ1) is 12.5. The number of amides is 1. The summed E-state index contributed by atoms with van der Waals surface area (Å²) in [5.41, 5.74) is 2.81. The molecule has 1 N–H and O–H groups in total. The van der Waals surface area contributed by atoms with E-state index in [0.717, 1.165) is 40.9 Å². The molecule has 1 atom stereocenters. The zero-order chi connectivity index (χ0) is 18.3. The van der Waals surface area contributed by atoms with Crippen molar-refractivity contribution >= 4 is 28.2 Å². The summed E-state index contributed by atoms with van der Waals surface area (Å²) in [5, 5.41) is 4.95. The summed E-state index contributed by atoms with van der Waals surface area (Å²) in [7, 11) is 0. The van der Waals surface area contributed by atoms with Gasteiger partial charge < -0.3 is 9.73 Å². The summed E-state index contributed by atoms with van der Waals surface area (Å²) >= 11 is 1.71. The van der Waals surface area contributed by atoms with Crippen molar-refractivity contribution in [1.29, 1.82) is 0 Å². The van der Waals surface area contributed by atoms with E-state index in [4.69, 9.17) is 4.42 Å². The van der Waals surface area contributed by atoms with Crippen LogP contribution in [-0.2, 0) is 17.6 Å². The SMILES string of the molecule is Cc1ccc2c(CC(=O)NC3CCCc4sc(C)nc43)cc(=O)oc2c1. The zero-order valence-corrected chi connectivity index (χ0v) is 15.6. The van der Waals surface area contributed by atoms with Crippen LogP contribution < -0.4 is 10.9 Å². The molecule has 1 aliphatic carbocycles. The molecule has 0 saturated carbocycles. The van der Waals surface area contributed by atoms with E-state index < -0.39 is 5.63 Å². The van der Waals surface area contributed by atoms with E-state index in [9.17, 15) is 9.59 Å². The Labute approximate surface area is 155 Å². The van der Waals surface area contributed by atoms with Crippen molar-refractivity contribution in [3.05, 3.63) is 61.4 Å². The molecule has 134 valence electrons. The maximum Gasteiger partial charge on any atom is 0.336 e. The van der Waals surface area contributed by atoms with Crippen molar-refractivity contribution in [3.63, 3.8) is 0 Å². The molecule has 2 heterocycles. The molecule has 0 bridgehead atoms. The highest BCUT2D eigenvalue weighted by molar-refractivity contribution is 7.11. The number of carbonyl (C=O) groups is 1. The minimum atomic E-state index is -0.430. The number of nitrogens with zero attached hydrogens (tertiary/aromatic N) is 1. The van der Waals surface area contributed by atoms with Gasteiger partial charge in [0.05, 0.1) is 23.2 Å². The molecular formula is C20H20N2O3S. The molecule has 1 unspecified atom stereocenters. The quantitative estimate of drug-likeness (QED) is 0.717. The largest absolute Gasteiger partial charge is 0.423 e. The average molecular weight is 368 g/mol. The van der Waals surface area contributed by atoms with Crippen LogP contribution in [0.25, 0.3) is 11.0 Å². The van der Waals surface area contributed by atoms with Gasteiger partial charge in [0.2, 0.25) is 5.91 Å². The Bertz CT molecular complexity index is 1050. The van der Waals surface area contributed by atoms with E-state index >= 15 is 0 Å². The van der Waals surface area contributed by atoms with Gasteiger partial charge in [-0.1, -0.05) is 12.1 Å². The molecule has 1 amide bonds. The van der Waals surface area contributed by atoms with Crippen molar-refractivity contribution in [1.82, 2.24) is 10.3 Å². The third-order valence-corrected chi connectivity index (χ3v) is 5.78. The Kier molecular flexibility index (Phi) is 4.36. The Balaban J connectivity index is 1.58. The topological polar surface area (TPSA) is 72.2 Å². The average Bonchev–Trinajstić information content (AvgIpc) is 2.95. The first kappa shape index (κ1) is 17.0. The molecule has 0 radical (unpaired) electrons. The Morgan fingerprint density at radius 3 is 3.04 bits per heavy atom. The van der Waals surface area contributed by atoms with Crippen LogP contribution in [0.4, 0.5) is 0 Å². The Morgan fingerprint density at radius 2 is 2.19 bits per heavy atom. The number of hydrogen-bond acceptors (Lipinski definition) is 5. The second-order valence-electron chi connectivity index (χ2n) is 6.82. The van der Waals surface area contributed by atoms with Crippen molar-refractivity contribution in [3.8, 4) is 0 Å². The summed E-state index contributed by atoms with van der Waals surface area (Å²) in [6.07, 6.45) is 3.15. The Hall–Kier alpha value is -2.47. The van der Waals surface area contributed by atoms with E-state index in [1.807, 2.05) is 32.0 Å². The molecule has 0 aliphatic heterocycles. The van der Waals surface area contributed by atoms with Crippen LogP contribution in [0.2, 0.25) is 0 Å².